The van der Waals surface area contributed by atoms with Crippen LogP contribution in [-0.2, 0) is 0 Å². The summed E-state index contributed by atoms with van der Waals surface area (Å²) in [5.41, 5.74) is -0.187. The van der Waals surface area contributed by atoms with Crippen molar-refractivity contribution in [1.29, 1.82) is 0 Å². The highest BCUT2D eigenvalue weighted by molar-refractivity contribution is 5.34. The highest BCUT2D eigenvalue weighted by Crippen LogP contribution is 2.23. The monoisotopic (exact) mass is 247 g/mol. The van der Waals surface area contributed by atoms with Crippen LogP contribution < -0.4 is 9.47 Å². The third kappa shape index (κ3) is 2.70. The average Bonchev–Trinajstić information content (AvgIpc) is 2.39. The molecule has 0 unspecified atom stereocenters. The van der Waals surface area contributed by atoms with Crippen molar-refractivity contribution in [1.82, 2.24) is 9.97 Å². The second-order valence-electron chi connectivity index (χ2n) is 3.26. The molecule has 0 atom stereocenters. The zero-order valence-electron chi connectivity index (χ0n) is 9.44. The van der Waals surface area contributed by atoms with Gasteiger partial charge in [0.2, 0.25) is 0 Å². The van der Waals surface area contributed by atoms with Gasteiger partial charge in [-0.3, -0.25) is 10.1 Å². The van der Waals surface area contributed by atoms with Gasteiger partial charge in [0.05, 0.1) is 12.0 Å². The van der Waals surface area contributed by atoms with Gasteiger partial charge >= 0.3 is 11.7 Å². The third-order valence-electron chi connectivity index (χ3n) is 2.08. The van der Waals surface area contributed by atoms with Crippen LogP contribution in [0.4, 0.5) is 5.69 Å². The predicted molar refractivity (Wildman–Crippen MR) is 61.8 cm³/mol. The second kappa shape index (κ2) is 5.09. The number of nitrogens with zero attached hydrogens (tertiary/aromatic N) is 3. The largest absolute Gasteiger partial charge is 0.497 e. The Labute approximate surface area is 102 Å². The van der Waals surface area contributed by atoms with E-state index in [9.17, 15) is 10.1 Å². The van der Waals surface area contributed by atoms with Crippen molar-refractivity contribution < 1.29 is 14.4 Å². The van der Waals surface area contributed by atoms with Gasteiger partial charge in [0.25, 0.3) is 0 Å². The van der Waals surface area contributed by atoms with Crippen molar-refractivity contribution in [2.75, 3.05) is 7.11 Å². The molecule has 2 aromatic rings. The summed E-state index contributed by atoms with van der Waals surface area (Å²) in [5.74, 6) is 1.12. The number of ether oxygens (including phenoxy) is 2. The summed E-state index contributed by atoms with van der Waals surface area (Å²) in [4.78, 5) is 17.3. The van der Waals surface area contributed by atoms with E-state index in [1.54, 1.807) is 31.4 Å². The van der Waals surface area contributed by atoms with Crippen LogP contribution in [0.1, 0.15) is 0 Å². The number of hydrogen-bond acceptors (Lipinski definition) is 6. The van der Waals surface area contributed by atoms with Gasteiger partial charge in [-0.05, 0) is 12.1 Å². The zero-order valence-corrected chi connectivity index (χ0v) is 9.44. The van der Waals surface area contributed by atoms with Crippen LogP contribution in [-0.4, -0.2) is 22.0 Å². The summed E-state index contributed by atoms with van der Waals surface area (Å²) in [6, 6.07) is 6.91. The Balaban J connectivity index is 2.15. The molecule has 0 spiro atoms. The molecule has 18 heavy (non-hydrogen) atoms. The quantitative estimate of drug-likeness (QED) is 0.607. The molecule has 7 heteroatoms. The van der Waals surface area contributed by atoms with Gasteiger partial charge in [0.1, 0.15) is 23.9 Å². The lowest BCUT2D eigenvalue weighted by Gasteiger charge is -2.04. The molecule has 0 fully saturated rings. The Morgan fingerprint density at radius 2 is 1.89 bits per heavy atom. The number of hydrogen-bond donors (Lipinski definition) is 0. The van der Waals surface area contributed by atoms with E-state index in [2.05, 4.69) is 9.97 Å². The molecule has 1 aromatic heterocycles. The van der Waals surface area contributed by atoms with Gasteiger partial charge in [0.15, 0.2) is 0 Å². The topological polar surface area (TPSA) is 87.4 Å². The molecule has 92 valence electrons. The molecule has 0 aliphatic heterocycles. The van der Waals surface area contributed by atoms with Crippen molar-refractivity contribution in [2.45, 2.75) is 0 Å². The summed E-state index contributed by atoms with van der Waals surface area (Å²) in [6.45, 7) is 0. The first-order valence-corrected chi connectivity index (χ1v) is 4.97. The molecule has 0 N–H and O–H groups in total. The van der Waals surface area contributed by atoms with Crippen LogP contribution in [0, 0.1) is 10.1 Å². The molecule has 7 nitrogen and oxygen atoms in total. The van der Waals surface area contributed by atoms with Gasteiger partial charge in [-0.1, -0.05) is 6.07 Å². The molecule has 0 aliphatic carbocycles. The van der Waals surface area contributed by atoms with Gasteiger partial charge < -0.3 is 9.47 Å². The highest BCUT2D eigenvalue weighted by atomic mass is 16.6. The van der Waals surface area contributed by atoms with Crippen molar-refractivity contribution >= 4 is 5.69 Å². The van der Waals surface area contributed by atoms with Gasteiger partial charge in [-0.2, -0.15) is 9.97 Å². The van der Waals surface area contributed by atoms with Crippen LogP contribution in [0.5, 0.6) is 17.5 Å². The highest BCUT2D eigenvalue weighted by Gasteiger charge is 2.08. The van der Waals surface area contributed by atoms with E-state index >= 15 is 0 Å². The van der Waals surface area contributed by atoms with E-state index in [0.717, 1.165) is 12.4 Å². The van der Waals surface area contributed by atoms with Crippen LogP contribution in [0.2, 0.25) is 0 Å². The maximum Gasteiger partial charge on any atom is 0.322 e. The van der Waals surface area contributed by atoms with Crippen LogP contribution in [0.25, 0.3) is 0 Å². The molecule has 1 aromatic carbocycles. The van der Waals surface area contributed by atoms with E-state index in [0.29, 0.717) is 11.5 Å². The van der Waals surface area contributed by atoms with Crippen molar-refractivity contribution in [3.63, 3.8) is 0 Å². The van der Waals surface area contributed by atoms with E-state index in [1.165, 1.54) is 0 Å². The maximum atomic E-state index is 10.4. The van der Waals surface area contributed by atoms with E-state index < -0.39 is 4.92 Å². The van der Waals surface area contributed by atoms with Gasteiger partial charge in [-0.15, -0.1) is 0 Å². The van der Waals surface area contributed by atoms with Gasteiger partial charge in [0, 0.05) is 6.07 Å². The first-order valence-electron chi connectivity index (χ1n) is 4.97. The summed E-state index contributed by atoms with van der Waals surface area (Å²) in [5, 5.41) is 10.4. The lowest BCUT2D eigenvalue weighted by atomic mass is 10.3. The fourth-order valence-corrected chi connectivity index (χ4v) is 1.23. The van der Waals surface area contributed by atoms with Crippen LogP contribution >= 0.6 is 0 Å². The lowest BCUT2D eigenvalue weighted by molar-refractivity contribution is -0.385. The molecule has 1 heterocycles. The number of nitro groups is 1. The fourth-order valence-electron chi connectivity index (χ4n) is 1.23. The second-order valence-corrected chi connectivity index (χ2v) is 3.26. The Bertz CT molecular complexity index is 556. The Morgan fingerprint density at radius 1 is 1.22 bits per heavy atom. The first-order chi connectivity index (χ1) is 8.69. The van der Waals surface area contributed by atoms with E-state index in [1.807, 2.05) is 0 Å². The summed E-state index contributed by atoms with van der Waals surface area (Å²) >= 11 is 0. The van der Waals surface area contributed by atoms with Crippen molar-refractivity contribution in [3.8, 4) is 17.5 Å². The molecule has 0 saturated carbocycles. The molecule has 0 aliphatic rings. The average molecular weight is 247 g/mol. The summed E-state index contributed by atoms with van der Waals surface area (Å²) in [7, 11) is 1.54. The molecular formula is C11H9N3O4. The summed E-state index contributed by atoms with van der Waals surface area (Å²) in [6.07, 6.45) is 2.17. The SMILES string of the molecule is COc1cccc(Oc2ncc([N+](=O)[O-])cn2)c1. The normalized spacial score (nSPS) is 9.83. The van der Waals surface area contributed by atoms with E-state index in [4.69, 9.17) is 9.47 Å². The summed E-state index contributed by atoms with van der Waals surface area (Å²) < 4.78 is 10.4. The first kappa shape index (κ1) is 11.8. The lowest BCUT2D eigenvalue weighted by Crippen LogP contribution is -1.95. The number of rotatable bonds is 4. The Morgan fingerprint density at radius 3 is 2.50 bits per heavy atom. The molecule has 0 radical (unpaired) electrons. The standard InChI is InChI=1S/C11H9N3O4/c1-17-9-3-2-4-10(5-9)18-11-12-6-8(7-13-11)14(15)16/h2-7H,1H3. The van der Waals surface area contributed by atoms with Crippen molar-refractivity contribution in [2.24, 2.45) is 0 Å². The molecule has 2 rings (SSSR count). The number of methoxy groups -OCH3 is 1. The van der Waals surface area contributed by atoms with E-state index in [-0.39, 0.29) is 11.7 Å². The minimum absolute atomic E-state index is 0.0360. The zero-order chi connectivity index (χ0) is 13.0. The number of aromatic nitrogens is 2. The Hall–Kier alpha value is -2.70. The molecular weight excluding hydrogens is 238 g/mol. The third-order valence-corrected chi connectivity index (χ3v) is 2.08. The van der Waals surface area contributed by atoms with Crippen molar-refractivity contribution in [3.05, 3.63) is 46.8 Å². The molecule has 0 saturated heterocycles. The molecule has 0 bridgehead atoms. The molecule has 0 amide bonds. The van der Waals surface area contributed by atoms with Crippen LogP contribution in [0.15, 0.2) is 36.7 Å². The smallest absolute Gasteiger partial charge is 0.322 e. The van der Waals surface area contributed by atoms with Gasteiger partial charge in [-0.25, -0.2) is 0 Å². The number of benzene rings is 1. The minimum Gasteiger partial charge on any atom is -0.497 e. The predicted octanol–water partition coefficient (Wildman–Crippen LogP) is 2.19. The fraction of sp³-hybridized carbons (Fsp3) is 0.0909. The Kier molecular flexibility index (Phi) is 3.33. The van der Waals surface area contributed by atoms with Crippen LogP contribution in [0.3, 0.4) is 0 Å². The maximum absolute atomic E-state index is 10.4. The minimum atomic E-state index is -0.574.